The first-order chi connectivity index (χ1) is 20.4. The third-order valence-electron chi connectivity index (χ3n) is 7.73. The van der Waals surface area contributed by atoms with Crippen LogP contribution >= 0.6 is 0 Å². The van der Waals surface area contributed by atoms with E-state index in [4.69, 9.17) is 0 Å². The van der Waals surface area contributed by atoms with Crippen molar-refractivity contribution in [2.45, 2.75) is 156 Å². The molecule has 0 bridgehead atoms. The Morgan fingerprint density at radius 2 is 0.690 bits per heavy atom. The van der Waals surface area contributed by atoms with E-state index >= 15 is 0 Å². The second-order valence-corrected chi connectivity index (χ2v) is 11.7. The number of nitrogens with zero attached hydrogens (tertiary/aromatic N) is 2. The van der Waals surface area contributed by atoms with Gasteiger partial charge >= 0.3 is 0 Å². The number of hydrogen-bond donors (Lipinski definition) is 2. The van der Waals surface area contributed by atoms with Gasteiger partial charge < -0.3 is 20.4 Å². The molecule has 246 valence electrons. The molecule has 0 saturated heterocycles. The monoisotopic (exact) mass is 595 g/mol. The SMILES string of the molecule is CCCCCCN(CCCCCC)C(=O)CCC(=O)NCCNC(=O)CCC(=O)N(CCCCCC)CCCCCC. The van der Waals surface area contributed by atoms with Crippen LogP contribution in [-0.2, 0) is 19.2 Å². The molecule has 0 rings (SSSR count). The summed E-state index contributed by atoms with van der Waals surface area (Å²) in [6.45, 7) is 12.4. The van der Waals surface area contributed by atoms with Gasteiger partial charge in [0.05, 0.1) is 0 Å². The zero-order valence-corrected chi connectivity index (χ0v) is 27.9. The maximum absolute atomic E-state index is 12.8. The molecule has 8 heteroatoms. The van der Waals surface area contributed by atoms with Crippen molar-refractivity contribution in [1.29, 1.82) is 0 Å². The average Bonchev–Trinajstić information content (AvgIpc) is 2.99. The molecular weight excluding hydrogens is 528 g/mol. The highest BCUT2D eigenvalue weighted by Crippen LogP contribution is 2.09. The van der Waals surface area contributed by atoms with E-state index in [0.29, 0.717) is 13.1 Å². The highest BCUT2D eigenvalue weighted by Gasteiger charge is 2.16. The Hall–Kier alpha value is -2.12. The van der Waals surface area contributed by atoms with Gasteiger partial charge in [0.2, 0.25) is 23.6 Å². The molecule has 0 aromatic carbocycles. The van der Waals surface area contributed by atoms with Crippen molar-refractivity contribution in [1.82, 2.24) is 20.4 Å². The summed E-state index contributed by atoms with van der Waals surface area (Å²) < 4.78 is 0. The number of carbonyl (C=O) groups excluding carboxylic acids is 4. The zero-order chi connectivity index (χ0) is 31.3. The van der Waals surface area contributed by atoms with Gasteiger partial charge in [-0.1, -0.05) is 105 Å². The maximum atomic E-state index is 12.8. The van der Waals surface area contributed by atoms with Gasteiger partial charge in [-0.3, -0.25) is 19.2 Å². The molecule has 0 aliphatic heterocycles. The lowest BCUT2D eigenvalue weighted by Crippen LogP contribution is -2.37. The van der Waals surface area contributed by atoms with E-state index in [1.54, 1.807) is 0 Å². The largest absolute Gasteiger partial charge is 0.354 e. The Morgan fingerprint density at radius 3 is 0.952 bits per heavy atom. The van der Waals surface area contributed by atoms with Crippen LogP contribution in [0.15, 0.2) is 0 Å². The van der Waals surface area contributed by atoms with Gasteiger partial charge in [-0.15, -0.1) is 0 Å². The predicted octanol–water partition coefficient (Wildman–Crippen LogP) is 6.76. The summed E-state index contributed by atoms with van der Waals surface area (Å²) in [7, 11) is 0. The topological polar surface area (TPSA) is 98.8 Å². The van der Waals surface area contributed by atoms with E-state index in [0.717, 1.165) is 77.5 Å². The van der Waals surface area contributed by atoms with Crippen molar-refractivity contribution in [2.24, 2.45) is 0 Å². The van der Waals surface area contributed by atoms with Gasteiger partial charge in [0, 0.05) is 65.0 Å². The molecule has 42 heavy (non-hydrogen) atoms. The van der Waals surface area contributed by atoms with E-state index in [1.165, 1.54) is 51.4 Å². The van der Waals surface area contributed by atoms with Gasteiger partial charge in [-0.25, -0.2) is 0 Å². The molecule has 2 N–H and O–H groups in total. The molecule has 8 nitrogen and oxygen atoms in total. The first kappa shape index (κ1) is 39.9. The fourth-order valence-electron chi connectivity index (χ4n) is 4.98. The molecule has 0 atom stereocenters. The summed E-state index contributed by atoms with van der Waals surface area (Å²) in [5.74, 6) is -0.236. The summed E-state index contributed by atoms with van der Waals surface area (Å²) in [6, 6.07) is 0. The lowest BCUT2D eigenvalue weighted by atomic mass is 10.1. The maximum Gasteiger partial charge on any atom is 0.223 e. The van der Waals surface area contributed by atoms with Crippen LogP contribution in [0.4, 0.5) is 0 Å². The minimum absolute atomic E-state index is 0.0564. The van der Waals surface area contributed by atoms with Crippen molar-refractivity contribution in [3.8, 4) is 0 Å². The highest BCUT2D eigenvalue weighted by molar-refractivity contribution is 5.84. The number of rotatable bonds is 29. The van der Waals surface area contributed by atoms with Crippen molar-refractivity contribution in [3.63, 3.8) is 0 Å². The molecule has 0 aliphatic rings. The molecule has 0 aromatic rings. The Kier molecular flexibility index (Phi) is 27.5. The van der Waals surface area contributed by atoms with Gasteiger partial charge in [0.15, 0.2) is 0 Å². The van der Waals surface area contributed by atoms with E-state index in [-0.39, 0.29) is 49.3 Å². The van der Waals surface area contributed by atoms with Gasteiger partial charge in [-0.2, -0.15) is 0 Å². The third kappa shape index (κ3) is 23.4. The van der Waals surface area contributed by atoms with Crippen LogP contribution in [0, 0.1) is 0 Å². The first-order valence-corrected chi connectivity index (χ1v) is 17.5. The molecule has 4 amide bonds. The van der Waals surface area contributed by atoms with Crippen LogP contribution in [-0.4, -0.2) is 72.7 Å². The Morgan fingerprint density at radius 1 is 0.405 bits per heavy atom. The number of unbranched alkanes of at least 4 members (excludes halogenated alkanes) is 12. The summed E-state index contributed by atoms with van der Waals surface area (Å²) in [5.41, 5.74) is 0. The summed E-state index contributed by atoms with van der Waals surface area (Å²) in [5, 5.41) is 5.61. The smallest absolute Gasteiger partial charge is 0.223 e. The minimum Gasteiger partial charge on any atom is -0.354 e. The number of carbonyl (C=O) groups is 4. The van der Waals surface area contributed by atoms with Crippen LogP contribution in [0.1, 0.15) is 156 Å². The number of amides is 4. The quantitative estimate of drug-likeness (QED) is 0.0935. The molecule has 0 heterocycles. The van der Waals surface area contributed by atoms with Gasteiger partial charge in [0.25, 0.3) is 0 Å². The average molecular weight is 595 g/mol. The van der Waals surface area contributed by atoms with E-state index in [2.05, 4.69) is 38.3 Å². The van der Waals surface area contributed by atoms with Crippen molar-refractivity contribution in [3.05, 3.63) is 0 Å². The number of nitrogens with one attached hydrogen (secondary N) is 2. The number of hydrogen-bond acceptors (Lipinski definition) is 4. The van der Waals surface area contributed by atoms with Gasteiger partial charge in [0.1, 0.15) is 0 Å². The van der Waals surface area contributed by atoms with Crippen LogP contribution < -0.4 is 10.6 Å². The Bertz CT molecular complexity index is 619. The van der Waals surface area contributed by atoms with E-state index < -0.39 is 0 Å². The minimum atomic E-state index is -0.175. The van der Waals surface area contributed by atoms with Crippen LogP contribution in [0.2, 0.25) is 0 Å². The summed E-state index contributed by atoms with van der Waals surface area (Å²) >= 11 is 0. The second kappa shape index (κ2) is 29.0. The Balaban J connectivity index is 4.32. The molecule has 0 aromatic heterocycles. The molecule has 0 saturated carbocycles. The highest BCUT2D eigenvalue weighted by atomic mass is 16.2. The van der Waals surface area contributed by atoms with Crippen molar-refractivity contribution < 1.29 is 19.2 Å². The fraction of sp³-hybridized carbons (Fsp3) is 0.882. The fourth-order valence-corrected chi connectivity index (χ4v) is 4.98. The van der Waals surface area contributed by atoms with Crippen molar-refractivity contribution >= 4 is 23.6 Å². The second-order valence-electron chi connectivity index (χ2n) is 11.7. The Labute approximate surface area is 258 Å². The van der Waals surface area contributed by atoms with Crippen LogP contribution in [0.3, 0.4) is 0 Å². The van der Waals surface area contributed by atoms with Gasteiger partial charge in [-0.05, 0) is 25.7 Å². The zero-order valence-electron chi connectivity index (χ0n) is 27.9. The van der Waals surface area contributed by atoms with E-state index in [9.17, 15) is 19.2 Å². The molecule has 0 aliphatic carbocycles. The molecule has 0 radical (unpaired) electrons. The summed E-state index contributed by atoms with van der Waals surface area (Å²) in [6.07, 6.45) is 18.7. The van der Waals surface area contributed by atoms with Crippen molar-refractivity contribution in [2.75, 3.05) is 39.3 Å². The predicted molar refractivity (Wildman–Crippen MR) is 174 cm³/mol. The third-order valence-corrected chi connectivity index (χ3v) is 7.73. The summed E-state index contributed by atoms with van der Waals surface area (Å²) in [4.78, 5) is 54.1. The van der Waals surface area contributed by atoms with E-state index in [1.807, 2.05) is 9.80 Å². The molecule has 0 fully saturated rings. The lowest BCUT2D eigenvalue weighted by molar-refractivity contribution is -0.134. The molecular formula is C34H66N4O4. The molecule has 0 unspecified atom stereocenters. The van der Waals surface area contributed by atoms with Crippen LogP contribution in [0.25, 0.3) is 0 Å². The molecule has 0 spiro atoms. The standard InChI is InChI=1S/C34H66N4O4/c1-5-9-13-17-27-37(28-18-14-10-6-2)33(41)23-21-31(39)35-25-26-36-32(40)22-24-34(42)38(29-19-15-11-7-3)30-20-16-12-8-4/h5-30H2,1-4H3,(H,35,39)(H,36,40). The lowest BCUT2D eigenvalue weighted by Gasteiger charge is -2.23. The van der Waals surface area contributed by atoms with Crippen LogP contribution in [0.5, 0.6) is 0 Å². The normalized spacial score (nSPS) is 10.9. The first-order valence-electron chi connectivity index (χ1n) is 17.5.